The third-order valence-corrected chi connectivity index (χ3v) is 2.77. The van der Waals surface area contributed by atoms with Crippen LogP contribution in [0, 0.1) is 21.4 Å². The molecule has 0 saturated heterocycles. The van der Waals surface area contributed by atoms with Gasteiger partial charge < -0.3 is 10.3 Å². The summed E-state index contributed by atoms with van der Waals surface area (Å²) in [5.74, 6) is 4.73. The maximum absolute atomic E-state index is 12.3. The summed E-state index contributed by atoms with van der Waals surface area (Å²) in [6, 6.07) is 6.23. The Hall–Kier alpha value is -2.66. The molecule has 0 aliphatic carbocycles. The molecule has 1 aromatic carbocycles. The zero-order valence-electron chi connectivity index (χ0n) is 11.0. The van der Waals surface area contributed by atoms with E-state index in [-0.39, 0.29) is 29.9 Å². The van der Waals surface area contributed by atoms with Crippen LogP contribution in [0.2, 0.25) is 0 Å². The number of nitriles is 1. The van der Waals surface area contributed by atoms with Gasteiger partial charge >= 0.3 is 5.69 Å². The average Bonchev–Trinajstić information content (AvgIpc) is 2.46. The van der Waals surface area contributed by atoms with Gasteiger partial charge in [-0.2, -0.15) is 5.26 Å². The highest BCUT2D eigenvalue weighted by atomic mass is 16.6. The maximum Gasteiger partial charge on any atom is 0.306 e. The van der Waals surface area contributed by atoms with E-state index in [1.165, 1.54) is 23.1 Å². The highest BCUT2D eigenvalue weighted by Crippen LogP contribution is 2.28. The molecule has 0 bridgehead atoms. The number of nitrogen functional groups attached to an aromatic ring is 1. The lowest BCUT2D eigenvalue weighted by Crippen LogP contribution is -2.32. The van der Waals surface area contributed by atoms with Gasteiger partial charge in [-0.1, -0.05) is 6.07 Å². The molecule has 1 rings (SSSR count). The zero-order valence-corrected chi connectivity index (χ0v) is 11.0. The number of para-hydroxylation sites is 1. The van der Waals surface area contributed by atoms with Crippen molar-refractivity contribution in [3.8, 4) is 6.07 Å². The molecular weight excluding hydrogens is 262 g/mol. The van der Waals surface area contributed by atoms with Gasteiger partial charge in [0.15, 0.2) is 0 Å². The van der Waals surface area contributed by atoms with Crippen LogP contribution in [-0.4, -0.2) is 28.8 Å². The fourth-order valence-electron chi connectivity index (χ4n) is 1.79. The SMILES string of the molecule is CCN(CCC#N)C(=O)c1cccc(NN)c1[N+](=O)[O-]. The summed E-state index contributed by atoms with van der Waals surface area (Å²) in [5, 5.41) is 19.7. The van der Waals surface area contributed by atoms with Gasteiger partial charge in [-0.3, -0.25) is 20.8 Å². The number of amides is 1. The van der Waals surface area contributed by atoms with E-state index in [2.05, 4.69) is 5.43 Å². The van der Waals surface area contributed by atoms with Gasteiger partial charge in [0.05, 0.1) is 17.4 Å². The second kappa shape index (κ2) is 7.06. The van der Waals surface area contributed by atoms with Gasteiger partial charge in [0.2, 0.25) is 0 Å². The first-order valence-corrected chi connectivity index (χ1v) is 5.97. The Labute approximate surface area is 115 Å². The molecule has 8 nitrogen and oxygen atoms in total. The van der Waals surface area contributed by atoms with Crippen molar-refractivity contribution in [2.24, 2.45) is 5.84 Å². The molecular formula is C12H15N5O3. The van der Waals surface area contributed by atoms with Crippen LogP contribution in [0.4, 0.5) is 11.4 Å². The van der Waals surface area contributed by atoms with E-state index in [9.17, 15) is 14.9 Å². The summed E-state index contributed by atoms with van der Waals surface area (Å²) in [5.41, 5.74) is 1.86. The number of nitrogens with zero attached hydrogens (tertiary/aromatic N) is 3. The minimum absolute atomic E-state index is 0.0507. The molecule has 0 saturated carbocycles. The van der Waals surface area contributed by atoms with E-state index < -0.39 is 10.8 Å². The second-order valence-electron chi connectivity index (χ2n) is 3.90. The molecule has 1 aromatic rings. The number of hydrogen-bond donors (Lipinski definition) is 2. The Bertz CT molecular complexity index is 553. The number of nitro benzene ring substituents is 1. The maximum atomic E-state index is 12.3. The molecule has 0 unspecified atom stereocenters. The first-order chi connectivity index (χ1) is 9.56. The Morgan fingerprint density at radius 3 is 2.80 bits per heavy atom. The first-order valence-electron chi connectivity index (χ1n) is 5.97. The largest absolute Gasteiger partial charge is 0.338 e. The average molecular weight is 277 g/mol. The normalized spacial score (nSPS) is 9.65. The summed E-state index contributed by atoms with van der Waals surface area (Å²) >= 11 is 0. The van der Waals surface area contributed by atoms with Crippen molar-refractivity contribution >= 4 is 17.3 Å². The van der Waals surface area contributed by atoms with Gasteiger partial charge in [-0.25, -0.2) is 0 Å². The Balaban J connectivity index is 3.21. The van der Waals surface area contributed by atoms with Crippen LogP contribution in [0.3, 0.4) is 0 Å². The van der Waals surface area contributed by atoms with Crippen molar-refractivity contribution in [3.63, 3.8) is 0 Å². The minimum atomic E-state index is -0.652. The first kappa shape index (κ1) is 15.4. The van der Waals surface area contributed by atoms with Gasteiger partial charge in [-0.05, 0) is 19.1 Å². The number of nitrogens with two attached hydrogens (primary N) is 1. The van der Waals surface area contributed by atoms with Crippen molar-refractivity contribution in [1.82, 2.24) is 4.90 Å². The fourth-order valence-corrected chi connectivity index (χ4v) is 1.79. The van der Waals surface area contributed by atoms with Crippen molar-refractivity contribution in [3.05, 3.63) is 33.9 Å². The number of nitrogens with one attached hydrogen (secondary N) is 1. The molecule has 0 radical (unpaired) electrons. The Kier molecular flexibility index (Phi) is 5.43. The zero-order chi connectivity index (χ0) is 15.1. The third-order valence-electron chi connectivity index (χ3n) is 2.77. The number of benzene rings is 1. The number of carbonyl (C=O) groups excluding carboxylic acids is 1. The molecule has 0 aliphatic rings. The molecule has 106 valence electrons. The second-order valence-corrected chi connectivity index (χ2v) is 3.90. The molecule has 0 heterocycles. The van der Waals surface area contributed by atoms with Crippen molar-refractivity contribution < 1.29 is 9.72 Å². The topological polar surface area (TPSA) is 125 Å². The highest BCUT2D eigenvalue weighted by molar-refractivity contribution is 6.00. The van der Waals surface area contributed by atoms with E-state index in [0.29, 0.717) is 6.54 Å². The molecule has 20 heavy (non-hydrogen) atoms. The lowest BCUT2D eigenvalue weighted by atomic mass is 10.1. The number of hydrogen-bond acceptors (Lipinski definition) is 6. The van der Waals surface area contributed by atoms with Crippen LogP contribution >= 0.6 is 0 Å². The molecule has 0 atom stereocenters. The van der Waals surface area contributed by atoms with Crippen molar-refractivity contribution in [2.75, 3.05) is 18.5 Å². The lowest BCUT2D eigenvalue weighted by Gasteiger charge is -2.19. The van der Waals surface area contributed by atoms with E-state index in [1.807, 2.05) is 6.07 Å². The van der Waals surface area contributed by atoms with Crippen LogP contribution in [-0.2, 0) is 0 Å². The smallest absolute Gasteiger partial charge is 0.306 e. The van der Waals surface area contributed by atoms with Crippen LogP contribution in [0.1, 0.15) is 23.7 Å². The highest BCUT2D eigenvalue weighted by Gasteiger charge is 2.26. The molecule has 3 N–H and O–H groups in total. The third kappa shape index (κ3) is 3.21. The van der Waals surface area contributed by atoms with Crippen molar-refractivity contribution in [2.45, 2.75) is 13.3 Å². The van der Waals surface area contributed by atoms with Gasteiger partial charge in [0, 0.05) is 13.1 Å². The summed E-state index contributed by atoms with van der Waals surface area (Å²) in [6.07, 6.45) is 0.169. The van der Waals surface area contributed by atoms with Gasteiger partial charge in [-0.15, -0.1) is 0 Å². The summed E-state index contributed by atoms with van der Waals surface area (Å²) in [4.78, 5) is 24.2. The fraction of sp³-hybridized carbons (Fsp3) is 0.333. The summed E-state index contributed by atoms with van der Waals surface area (Å²) in [6.45, 7) is 2.33. The summed E-state index contributed by atoms with van der Waals surface area (Å²) < 4.78 is 0. The summed E-state index contributed by atoms with van der Waals surface area (Å²) in [7, 11) is 0. The number of anilines is 1. The molecule has 0 aromatic heterocycles. The predicted molar refractivity (Wildman–Crippen MR) is 72.7 cm³/mol. The lowest BCUT2D eigenvalue weighted by molar-refractivity contribution is -0.384. The van der Waals surface area contributed by atoms with Crippen LogP contribution in [0.5, 0.6) is 0 Å². The van der Waals surface area contributed by atoms with Gasteiger partial charge in [0.25, 0.3) is 5.91 Å². The number of nitro groups is 1. The minimum Gasteiger partial charge on any atom is -0.338 e. The van der Waals surface area contributed by atoms with E-state index >= 15 is 0 Å². The van der Waals surface area contributed by atoms with E-state index in [1.54, 1.807) is 6.92 Å². The Morgan fingerprint density at radius 1 is 1.60 bits per heavy atom. The van der Waals surface area contributed by atoms with Crippen LogP contribution in [0.25, 0.3) is 0 Å². The number of rotatable bonds is 6. The van der Waals surface area contributed by atoms with Crippen LogP contribution < -0.4 is 11.3 Å². The standard InChI is InChI=1S/C12H15N5O3/c1-2-16(8-4-7-13)12(18)9-5-3-6-10(15-14)11(9)17(19)20/h3,5-6,15H,2,4,8,14H2,1H3. The van der Waals surface area contributed by atoms with E-state index in [4.69, 9.17) is 11.1 Å². The molecule has 0 aliphatic heterocycles. The molecule has 8 heteroatoms. The monoisotopic (exact) mass is 277 g/mol. The predicted octanol–water partition coefficient (Wildman–Crippen LogP) is 1.26. The number of hydrazine groups is 1. The number of carbonyl (C=O) groups is 1. The molecule has 1 amide bonds. The van der Waals surface area contributed by atoms with Crippen LogP contribution in [0.15, 0.2) is 18.2 Å². The van der Waals surface area contributed by atoms with E-state index in [0.717, 1.165) is 0 Å². The molecule has 0 spiro atoms. The molecule has 0 fully saturated rings. The quantitative estimate of drug-likeness (QED) is 0.458. The van der Waals surface area contributed by atoms with Gasteiger partial charge in [0.1, 0.15) is 11.3 Å². The van der Waals surface area contributed by atoms with Crippen molar-refractivity contribution in [1.29, 1.82) is 5.26 Å². The Morgan fingerprint density at radius 2 is 2.30 bits per heavy atom.